The number of aryl methyl sites for hydroxylation is 1. The van der Waals surface area contributed by atoms with E-state index in [2.05, 4.69) is 17.6 Å². The zero-order valence-corrected chi connectivity index (χ0v) is 13.0. The van der Waals surface area contributed by atoms with Gasteiger partial charge in [0.1, 0.15) is 0 Å². The van der Waals surface area contributed by atoms with E-state index in [9.17, 15) is 9.59 Å². The van der Waals surface area contributed by atoms with Crippen molar-refractivity contribution in [3.05, 3.63) is 59.7 Å². The van der Waals surface area contributed by atoms with Crippen molar-refractivity contribution in [3.63, 3.8) is 0 Å². The standard InChI is InChI=1S/C17H17ClN2O2/c1-2-12-3-7-14(8-4-12)19-17(22)20-15-9-5-13(6-10-15)16(21)11-18/h3-10H,2,11H2,1H3,(H2,19,20,22). The fraction of sp³-hybridized carbons (Fsp3) is 0.176. The molecule has 0 bridgehead atoms. The van der Waals surface area contributed by atoms with Gasteiger partial charge in [-0.3, -0.25) is 4.79 Å². The maximum atomic E-state index is 11.9. The predicted molar refractivity (Wildman–Crippen MR) is 90.0 cm³/mol. The number of urea groups is 1. The Bertz CT molecular complexity index is 651. The summed E-state index contributed by atoms with van der Waals surface area (Å²) in [4.78, 5) is 23.3. The number of rotatable bonds is 5. The molecule has 0 heterocycles. The number of benzene rings is 2. The summed E-state index contributed by atoms with van der Waals surface area (Å²) in [7, 11) is 0. The van der Waals surface area contributed by atoms with Crippen LogP contribution in [0.5, 0.6) is 0 Å². The first kappa shape index (κ1) is 16.0. The van der Waals surface area contributed by atoms with Gasteiger partial charge < -0.3 is 10.6 Å². The van der Waals surface area contributed by atoms with Gasteiger partial charge in [0.05, 0.1) is 5.88 Å². The van der Waals surface area contributed by atoms with Gasteiger partial charge in [0.2, 0.25) is 0 Å². The molecule has 0 aromatic heterocycles. The molecule has 0 aliphatic rings. The van der Waals surface area contributed by atoms with E-state index >= 15 is 0 Å². The van der Waals surface area contributed by atoms with Crippen LogP contribution >= 0.6 is 11.6 Å². The number of ketones is 1. The second-order valence-corrected chi connectivity index (χ2v) is 5.03. The molecular weight excluding hydrogens is 300 g/mol. The van der Waals surface area contributed by atoms with Crippen molar-refractivity contribution in [3.8, 4) is 0 Å². The molecule has 2 N–H and O–H groups in total. The maximum absolute atomic E-state index is 11.9. The van der Waals surface area contributed by atoms with Crippen LogP contribution in [0.1, 0.15) is 22.8 Å². The van der Waals surface area contributed by atoms with E-state index < -0.39 is 0 Å². The number of halogens is 1. The van der Waals surface area contributed by atoms with Crippen molar-refractivity contribution in [2.24, 2.45) is 0 Å². The Morgan fingerprint density at radius 2 is 1.41 bits per heavy atom. The van der Waals surface area contributed by atoms with Crippen LogP contribution in [0.2, 0.25) is 0 Å². The summed E-state index contributed by atoms with van der Waals surface area (Å²) in [6.45, 7) is 2.08. The number of Topliss-reactive ketones (excluding diaryl/α,β-unsaturated/α-hetero) is 1. The van der Waals surface area contributed by atoms with E-state index in [-0.39, 0.29) is 17.7 Å². The van der Waals surface area contributed by atoms with Crippen molar-refractivity contribution < 1.29 is 9.59 Å². The molecule has 5 heteroatoms. The summed E-state index contributed by atoms with van der Waals surface area (Å²) >= 11 is 5.49. The highest BCUT2D eigenvalue weighted by molar-refractivity contribution is 6.30. The summed E-state index contributed by atoms with van der Waals surface area (Å²) in [5, 5.41) is 5.46. The molecule has 0 saturated carbocycles. The van der Waals surface area contributed by atoms with Crippen molar-refractivity contribution in [2.45, 2.75) is 13.3 Å². The molecule has 4 nitrogen and oxygen atoms in total. The molecule has 0 unspecified atom stereocenters. The summed E-state index contributed by atoms with van der Waals surface area (Å²) in [5.41, 5.74) is 3.07. The minimum absolute atomic E-state index is 0.0545. The highest BCUT2D eigenvalue weighted by Gasteiger charge is 2.06. The van der Waals surface area contributed by atoms with Gasteiger partial charge in [-0.15, -0.1) is 11.6 Å². The molecule has 0 atom stereocenters. The molecule has 0 spiro atoms. The van der Waals surface area contributed by atoms with E-state index in [1.165, 1.54) is 5.56 Å². The quantitative estimate of drug-likeness (QED) is 0.637. The first-order valence-corrected chi connectivity index (χ1v) is 7.52. The van der Waals surface area contributed by atoms with Crippen molar-refractivity contribution in [2.75, 3.05) is 16.5 Å². The average Bonchev–Trinajstić information content (AvgIpc) is 2.55. The molecule has 114 valence electrons. The minimum atomic E-state index is -0.333. The first-order valence-electron chi connectivity index (χ1n) is 6.98. The summed E-state index contributed by atoms with van der Waals surface area (Å²) in [5.74, 6) is -0.199. The van der Waals surface area contributed by atoms with Crippen LogP contribution in [0.3, 0.4) is 0 Å². The van der Waals surface area contributed by atoms with E-state index in [0.29, 0.717) is 11.3 Å². The number of hydrogen-bond donors (Lipinski definition) is 2. The van der Waals surface area contributed by atoms with Gasteiger partial charge in [-0.1, -0.05) is 19.1 Å². The summed E-state index contributed by atoms with van der Waals surface area (Å²) in [6.07, 6.45) is 0.958. The Labute approximate surface area is 134 Å². The SMILES string of the molecule is CCc1ccc(NC(=O)Nc2ccc(C(=O)CCl)cc2)cc1. The normalized spacial score (nSPS) is 10.1. The van der Waals surface area contributed by atoms with Gasteiger partial charge in [-0.05, 0) is 48.4 Å². The smallest absolute Gasteiger partial charge is 0.308 e. The average molecular weight is 317 g/mol. The van der Waals surface area contributed by atoms with Crippen LogP contribution in [0.4, 0.5) is 16.2 Å². The number of nitrogens with one attached hydrogen (secondary N) is 2. The lowest BCUT2D eigenvalue weighted by molar-refractivity contribution is 0.102. The Morgan fingerprint density at radius 3 is 1.86 bits per heavy atom. The zero-order valence-electron chi connectivity index (χ0n) is 12.2. The molecular formula is C17H17ClN2O2. The van der Waals surface area contributed by atoms with Gasteiger partial charge >= 0.3 is 6.03 Å². The lowest BCUT2D eigenvalue weighted by Crippen LogP contribution is -2.19. The molecule has 2 amide bonds. The molecule has 0 fully saturated rings. The third-order valence-electron chi connectivity index (χ3n) is 3.21. The van der Waals surface area contributed by atoms with E-state index in [0.717, 1.165) is 12.1 Å². The summed E-state index contributed by atoms with van der Waals surface area (Å²) in [6, 6.07) is 13.9. The van der Waals surface area contributed by atoms with E-state index in [1.54, 1.807) is 24.3 Å². The molecule has 0 aliphatic carbocycles. The fourth-order valence-electron chi connectivity index (χ4n) is 1.93. The second kappa shape index (κ2) is 7.61. The zero-order chi connectivity index (χ0) is 15.9. The third kappa shape index (κ3) is 4.33. The third-order valence-corrected chi connectivity index (χ3v) is 3.45. The molecule has 2 aromatic rings. The van der Waals surface area contributed by atoms with E-state index in [1.807, 2.05) is 24.3 Å². The number of hydrogen-bond acceptors (Lipinski definition) is 2. The molecule has 0 radical (unpaired) electrons. The molecule has 2 aromatic carbocycles. The largest absolute Gasteiger partial charge is 0.323 e. The summed E-state index contributed by atoms with van der Waals surface area (Å²) < 4.78 is 0. The monoisotopic (exact) mass is 316 g/mol. The Balaban J connectivity index is 1.94. The lowest BCUT2D eigenvalue weighted by atomic mass is 10.1. The van der Waals surface area contributed by atoms with Gasteiger partial charge in [0, 0.05) is 16.9 Å². The highest BCUT2D eigenvalue weighted by Crippen LogP contribution is 2.13. The van der Waals surface area contributed by atoms with Crippen LogP contribution < -0.4 is 10.6 Å². The predicted octanol–water partition coefficient (Wildman–Crippen LogP) is 4.31. The second-order valence-electron chi connectivity index (χ2n) is 4.76. The van der Waals surface area contributed by atoms with Crippen molar-refractivity contribution in [1.29, 1.82) is 0 Å². The van der Waals surface area contributed by atoms with Crippen molar-refractivity contribution >= 4 is 34.8 Å². The number of carbonyl (C=O) groups excluding carboxylic acids is 2. The van der Waals surface area contributed by atoms with Crippen LogP contribution in [0.25, 0.3) is 0 Å². The van der Waals surface area contributed by atoms with Gasteiger partial charge in [0.15, 0.2) is 5.78 Å². The van der Waals surface area contributed by atoms with Crippen LogP contribution in [0.15, 0.2) is 48.5 Å². The molecule has 22 heavy (non-hydrogen) atoms. The number of carbonyl (C=O) groups is 2. The Hall–Kier alpha value is -2.33. The first-order chi connectivity index (χ1) is 10.6. The number of amides is 2. The van der Waals surface area contributed by atoms with Gasteiger partial charge in [0.25, 0.3) is 0 Å². The van der Waals surface area contributed by atoms with Crippen LogP contribution in [0, 0.1) is 0 Å². The van der Waals surface area contributed by atoms with Crippen LogP contribution in [-0.2, 0) is 6.42 Å². The Morgan fingerprint density at radius 1 is 0.909 bits per heavy atom. The molecule has 0 aliphatic heterocycles. The van der Waals surface area contributed by atoms with Gasteiger partial charge in [-0.25, -0.2) is 4.79 Å². The Kier molecular flexibility index (Phi) is 5.55. The fourth-order valence-corrected chi connectivity index (χ4v) is 2.09. The minimum Gasteiger partial charge on any atom is -0.308 e. The number of alkyl halides is 1. The lowest BCUT2D eigenvalue weighted by Gasteiger charge is -2.08. The van der Waals surface area contributed by atoms with Crippen LogP contribution in [-0.4, -0.2) is 17.7 Å². The highest BCUT2D eigenvalue weighted by atomic mass is 35.5. The van der Waals surface area contributed by atoms with E-state index in [4.69, 9.17) is 11.6 Å². The topological polar surface area (TPSA) is 58.2 Å². The maximum Gasteiger partial charge on any atom is 0.323 e. The number of anilines is 2. The van der Waals surface area contributed by atoms with Gasteiger partial charge in [-0.2, -0.15) is 0 Å². The van der Waals surface area contributed by atoms with Crippen molar-refractivity contribution in [1.82, 2.24) is 0 Å². The molecule has 0 saturated heterocycles. The molecule has 2 rings (SSSR count).